The number of ketones is 1. The molecule has 15 nitrogen and oxygen atoms in total. The van der Waals surface area contributed by atoms with Crippen molar-refractivity contribution in [3.05, 3.63) is 117 Å². The number of hydrogen-bond acceptors (Lipinski definition) is 10. The van der Waals surface area contributed by atoms with Gasteiger partial charge in [0, 0.05) is 25.0 Å². The molecule has 3 heterocycles. The molecule has 3 aromatic rings. The summed E-state index contributed by atoms with van der Waals surface area (Å²) in [4.78, 5) is 87.2. The minimum absolute atomic E-state index is 0.0415. The summed E-state index contributed by atoms with van der Waals surface area (Å²) in [6, 6.07) is 17.9. The summed E-state index contributed by atoms with van der Waals surface area (Å²) < 4.78 is 10.1. The first-order valence-corrected chi connectivity index (χ1v) is 13.6. The smallest absolute Gasteiger partial charge is 0.352 e. The average Bonchev–Trinajstić information content (AvgIpc) is 3.43. The van der Waals surface area contributed by atoms with Gasteiger partial charge >= 0.3 is 23.9 Å². The Kier molecular flexibility index (Phi) is 10.9. The van der Waals surface area contributed by atoms with E-state index in [4.69, 9.17) is 14.6 Å². The number of benzene rings is 2. The summed E-state index contributed by atoms with van der Waals surface area (Å²) in [5.74, 6) is -3.26. The number of aromatic carboxylic acids is 1. The molecule has 1 unspecified atom stereocenters. The Morgan fingerprint density at radius 2 is 1.57 bits per heavy atom. The zero-order valence-corrected chi connectivity index (χ0v) is 24.0. The van der Waals surface area contributed by atoms with E-state index in [1.54, 1.807) is 36.4 Å². The first-order valence-electron chi connectivity index (χ1n) is 13.6. The van der Waals surface area contributed by atoms with Gasteiger partial charge in [-0.25, -0.2) is 24.2 Å². The second-order valence-electron chi connectivity index (χ2n) is 9.64. The van der Waals surface area contributed by atoms with Crippen LogP contribution >= 0.6 is 0 Å². The highest BCUT2D eigenvalue weighted by Gasteiger charge is 2.37. The Morgan fingerprint density at radius 1 is 0.957 bits per heavy atom. The zero-order chi connectivity index (χ0) is 33.1. The number of hydrazine groups is 1. The largest absolute Gasteiger partial charge is 0.477 e. The predicted octanol–water partition coefficient (Wildman–Crippen LogP) is 1.51. The van der Waals surface area contributed by atoms with Crippen LogP contribution in [0.1, 0.15) is 38.4 Å². The van der Waals surface area contributed by atoms with Crippen LogP contribution in [-0.2, 0) is 37.1 Å². The molecule has 46 heavy (non-hydrogen) atoms. The van der Waals surface area contributed by atoms with E-state index in [1.807, 2.05) is 24.3 Å². The van der Waals surface area contributed by atoms with E-state index in [0.717, 1.165) is 34.6 Å². The lowest BCUT2D eigenvalue weighted by Crippen LogP contribution is -2.48. The molecule has 5 rings (SSSR count). The molecule has 4 N–H and O–H groups in total. The fourth-order valence-electron chi connectivity index (χ4n) is 4.23. The summed E-state index contributed by atoms with van der Waals surface area (Å²) in [6.45, 7) is 0.298. The number of urea groups is 1. The van der Waals surface area contributed by atoms with Crippen LogP contribution in [0, 0.1) is 0 Å². The molecular formula is C31H27N5O10. The SMILES string of the molecule is O=C(O)c1cc(=O)c(C(=O)OCc2ccccc2)c[nH]1.O=CNN1C(=O)NCC1C1=NC=C(C(=O)OCc2ccccc2)C(=O)C1. The maximum Gasteiger partial charge on any atom is 0.352 e. The van der Waals surface area contributed by atoms with Crippen molar-refractivity contribution < 1.29 is 43.3 Å². The highest BCUT2D eigenvalue weighted by Crippen LogP contribution is 2.17. The van der Waals surface area contributed by atoms with Gasteiger partial charge < -0.3 is 24.9 Å². The molecule has 236 valence electrons. The van der Waals surface area contributed by atoms with Gasteiger partial charge in [0.1, 0.15) is 36.1 Å². The molecule has 0 radical (unpaired) electrons. The number of pyridine rings is 1. The molecular weight excluding hydrogens is 602 g/mol. The average molecular weight is 630 g/mol. The number of carbonyl (C=O) groups is 6. The van der Waals surface area contributed by atoms with Gasteiger partial charge in [-0.3, -0.25) is 24.8 Å². The number of aromatic nitrogens is 1. The molecule has 2 aromatic carbocycles. The van der Waals surface area contributed by atoms with Crippen LogP contribution in [0.5, 0.6) is 0 Å². The van der Waals surface area contributed by atoms with E-state index in [0.29, 0.717) is 12.1 Å². The Morgan fingerprint density at radius 3 is 2.11 bits per heavy atom. The van der Waals surface area contributed by atoms with E-state index < -0.39 is 41.2 Å². The molecule has 0 spiro atoms. The van der Waals surface area contributed by atoms with Gasteiger partial charge in [0.05, 0.1) is 12.1 Å². The Hall–Kier alpha value is -6.38. The van der Waals surface area contributed by atoms with Crippen LogP contribution < -0.4 is 16.2 Å². The van der Waals surface area contributed by atoms with Gasteiger partial charge in [0.25, 0.3) is 0 Å². The fraction of sp³-hybridized carbons (Fsp3) is 0.161. The van der Waals surface area contributed by atoms with Crippen molar-refractivity contribution in [1.82, 2.24) is 20.7 Å². The van der Waals surface area contributed by atoms with Crippen LogP contribution in [0.15, 0.2) is 94.5 Å². The quantitative estimate of drug-likeness (QED) is 0.144. The van der Waals surface area contributed by atoms with Gasteiger partial charge in [-0.2, -0.15) is 0 Å². The first-order chi connectivity index (χ1) is 22.2. The minimum atomic E-state index is -1.27. The van der Waals surface area contributed by atoms with Gasteiger partial charge in [-0.15, -0.1) is 0 Å². The molecule has 1 aromatic heterocycles. The number of rotatable bonds is 10. The zero-order valence-electron chi connectivity index (χ0n) is 24.0. The molecule has 3 amide bonds. The van der Waals surface area contributed by atoms with E-state index in [1.165, 1.54) is 0 Å². The number of esters is 2. The number of Topliss-reactive ketones (excluding diaryl/α,β-unsaturated/α-hetero) is 1. The lowest BCUT2D eigenvalue weighted by molar-refractivity contribution is -0.141. The Labute approximate surface area is 260 Å². The molecule has 1 fully saturated rings. The van der Waals surface area contributed by atoms with Crippen molar-refractivity contribution in [3.8, 4) is 0 Å². The topological polar surface area (TPSA) is 214 Å². The standard InChI is InChI=1S/C17H16N4O5.C14H11NO5/c22-10-20-21-14(8-19-17(21)25)13-6-15(23)12(7-18-13)16(24)26-9-11-4-2-1-3-5-11;16-12-6-11(13(17)18)15-7-10(12)14(19)20-8-9-4-2-1-3-5-9/h1-5,7,10,14H,6,8-9H2,(H,19,25)(H,20,22);1-7H,8H2,(H,15,16)(H,17,18). The maximum absolute atomic E-state index is 12.3. The number of nitrogens with one attached hydrogen (secondary N) is 3. The Bertz CT molecular complexity index is 1750. The van der Waals surface area contributed by atoms with E-state index in [9.17, 15) is 33.6 Å². The highest BCUT2D eigenvalue weighted by atomic mass is 16.5. The third-order valence-electron chi connectivity index (χ3n) is 6.56. The summed E-state index contributed by atoms with van der Waals surface area (Å²) in [7, 11) is 0. The maximum atomic E-state index is 12.3. The number of hydrogen-bond donors (Lipinski definition) is 4. The number of H-pyrrole nitrogens is 1. The molecule has 15 heteroatoms. The van der Waals surface area contributed by atoms with Crippen LogP contribution in [0.3, 0.4) is 0 Å². The van der Waals surface area contributed by atoms with Crippen molar-refractivity contribution in [2.45, 2.75) is 25.7 Å². The molecule has 2 aliphatic rings. The lowest BCUT2D eigenvalue weighted by atomic mass is 9.99. The van der Waals surface area contributed by atoms with Crippen molar-refractivity contribution in [3.63, 3.8) is 0 Å². The van der Waals surface area contributed by atoms with Crippen LogP contribution in [0.25, 0.3) is 0 Å². The summed E-state index contributed by atoms with van der Waals surface area (Å²) in [5, 5.41) is 12.3. The van der Waals surface area contributed by atoms with Gasteiger partial charge in [0.2, 0.25) is 6.41 Å². The number of carbonyl (C=O) groups excluding carboxylic acids is 5. The molecule has 2 aliphatic heterocycles. The monoisotopic (exact) mass is 629 g/mol. The van der Waals surface area contributed by atoms with Crippen molar-refractivity contribution in [2.24, 2.45) is 4.99 Å². The number of amides is 3. The molecule has 1 atom stereocenters. The van der Waals surface area contributed by atoms with E-state index in [-0.39, 0.29) is 43.0 Å². The van der Waals surface area contributed by atoms with Crippen molar-refractivity contribution in [2.75, 3.05) is 6.54 Å². The predicted molar refractivity (Wildman–Crippen MR) is 159 cm³/mol. The highest BCUT2D eigenvalue weighted by molar-refractivity contribution is 6.25. The number of aromatic amines is 1. The summed E-state index contributed by atoms with van der Waals surface area (Å²) >= 11 is 0. The van der Waals surface area contributed by atoms with Gasteiger partial charge in [-0.1, -0.05) is 60.7 Å². The molecule has 0 aliphatic carbocycles. The van der Waals surface area contributed by atoms with Gasteiger partial charge in [0.15, 0.2) is 11.2 Å². The van der Waals surface area contributed by atoms with Crippen molar-refractivity contribution >= 4 is 41.8 Å². The molecule has 0 bridgehead atoms. The van der Waals surface area contributed by atoms with Crippen LogP contribution in [0.4, 0.5) is 4.79 Å². The second-order valence-corrected chi connectivity index (χ2v) is 9.64. The third-order valence-corrected chi connectivity index (χ3v) is 6.56. The normalized spacial score (nSPS) is 15.3. The van der Waals surface area contributed by atoms with E-state index in [2.05, 4.69) is 20.7 Å². The minimum Gasteiger partial charge on any atom is -0.477 e. The van der Waals surface area contributed by atoms with Crippen molar-refractivity contribution in [1.29, 1.82) is 0 Å². The summed E-state index contributed by atoms with van der Waals surface area (Å²) in [5.41, 5.74) is 2.89. The Balaban J connectivity index is 0.000000216. The fourth-order valence-corrected chi connectivity index (χ4v) is 4.23. The number of aliphatic imine (C=N–C) groups is 1. The third kappa shape index (κ3) is 8.37. The number of carboxylic acid groups (broad SMARTS) is 1. The number of ether oxygens (including phenoxy) is 2. The van der Waals surface area contributed by atoms with Crippen LogP contribution in [0.2, 0.25) is 0 Å². The molecule has 0 saturated carbocycles. The lowest BCUT2D eigenvalue weighted by Gasteiger charge is -2.23. The number of nitrogens with zero attached hydrogens (tertiary/aromatic N) is 2. The molecule has 1 saturated heterocycles. The van der Waals surface area contributed by atoms with Gasteiger partial charge in [-0.05, 0) is 11.1 Å². The second kappa shape index (κ2) is 15.4. The van der Waals surface area contributed by atoms with Crippen LogP contribution in [-0.4, -0.2) is 69.5 Å². The van der Waals surface area contributed by atoms with E-state index >= 15 is 0 Å². The number of carboxylic acids is 1. The first kappa shape index (κ1) is 32.5. The summed E-state index contributed by atoms with van der Waals surface area (Å²) in [6.07, 6.45) is 2.42.